The minimum Gasteiger partial charge on any atom is -0.349 e. The van der Waals surface area contributed by atoms with Gasteiger partial charge in [-0.1, -0.05) is 49.4 Å². The molecule has 0 unspecified atom stereocenters. The van der Waals surface area contributed by atoms with Crippen LogP contribution in [0.5, 0.6) is 0 Å². The molecular formula is C21H24N2O2. The average molecular weight is 336 g/mol. The highest BCUT2D eigenvalue weighted by molar-refractivity contribution is 6.00. The largest absolute Gasteiger partial charge is 0.349 e. The predicted octanol–water partition coefficient (Wildman–Crippen LogP) is 3.48. The number of nitrogens with zero attached hydrogens (tertiary/aromatic N) is 1. The maximum Gasteiger partial charge on any atom is 0.227 e. The normalized spacial score (nSPS) is 18.2. The second kappa shape index (κ2) is 7.51. The number of aryl methyl sites for hydroxylation is 1. The summed E-state index contributed by atoms with van der Waals surface area (Å²) in [6.45, 7) is 4.50. The van der Waals surface area contributed by atoms with Gasteiger partial charge in [0.2, 0.25) is 11.8 Å². The molecule has 0 saturated carbocycles. The van der Waals surface area contributed by atoms with Gasteiger partial charge in [-0.15, -0.1) is 0 Å². The topological polar surface area (TPSA) is 49.4 Å². The van der Waals surface area contributed by atoms with Crippen molar-refractivity contribution in [3.8, 4) is 0 Å². The van der Waals surface area contributed by atoms with Gasteiger partial charge in [0.1, 0.15) is 0 Å². The van der Waals surface area contributed by atoms with Gasteiger partial charge in [0.05, 0.1) is 12.0 Å². The molecule has 0 aromatic heterocycles. The molecule has 4 nitrogen and oxygen atoms in total. The van der Waals surface area contributed by atoms with E-state index in [-0.39, 0.29) is 30.2 Å². The zero-order chi connectivity index (χ0) is 17.8. The molecule has 1 aliphatic rings. The van der Waals surface area contributed by atoms with Crippen LogP contribution >= 0.6 is 0 Å². The van der Waals surface area contributed by atoms with Gasteiger partial charge >= 0.3 is 0 Å². The number of carbonyl (C=O) groups is 2. The third-order valence-electron chi connectivity index (χ3n) is 4.78. The smallest absolute Gasteiger partial charge is 0.227 e. The van der Waals surface area contributed by atoms with Crippen LogP contribution in [0, 0.1) is 5.92 Å². The Labute approximate surface area is 148 Å². The lowest BCUT2D eigenvalue weighted by Crippen LogP contribution is -2.34. The summed E-state index contributed by atoms with van der Waals surface area (Å²) in [6, 6.07) is 17.8. The minimum absolute atomic E-state index is 0.0146. The van der Waals surface area contributed by atoms with Crippen molar-refractivity contribution in [1.82, 2.24) is 5.32 Å². The monoisotopic (exact) mass is 336 g/mol. The Bertz CT molecular complexity index is 758. The van der Waals surface area contributed by atoms with E-state index in [1.54, 1.807) is 4.90 Å². The number of carbonyl (C=O) groups excluding carboxylic acids is 2. The molecule has 1 fully saturated rings. The van der Waals surface area contributed by atoms with Crippen LogP contribution in [0.4, 0.5) is 5.69 Å². The van der Waals surface area contributed by atoms with E-state index in [1.807, 2.05) is 55.5 Å². The van der Waals surface area contributed by atoms with Crippen LogP contribution in [-0.4, -0.2) is 18.4 Å². The molecule has 0 bridgehead atoms. The third-order valence-corrected chi connectivity index (χ3v) is 4.78. The molecule has 3 rings (SSSR count). The SMILES string of the molecule is CCc1cccc(N2C[C@@H](C(=O)N[C@@H](C)c3ccccc3)CC2=O)c1. The Balaban J connectivity index is 1.66. The predicted molar refractivity (Wildman–Crippen MR) is 99.3 cm³/mol. The molecule has 130 valence electrons. The van der Waals surface area contributed by atoms with Crippen molar-refractivity contribution in [3.05, 3.63) is 65.7 Å². The van der Waals surface area contributed by atoms with E-state index in [9.17, 15) is 9.59 Å². The van der Waals surface area contributed by atoms with E-state index in [0.29, 0.717) is 6.54 Å². The van der Waals surface area contributed by atoms with Crippen molar-refractivity contribution in [3.63, 3.8) is 0 Å². The summed E-state index contributed by atoms with van der Waals surface area (Å²) in [7, 11) is 0. The molecule has 0 aliphatic carbocycles. The lowest BCUT2D eigenvalue weighted by molar-refractivity contribution is -0.126. The first kappa shape index (κ1) is 17.2. The van der Waals surface area contributed by atoms with Crippen LogP contribution in [0.1, 0.15) is 37.4 Å². The summed E-state index contributed by atoms with van der Waals surface area (Å²) in [6.07, 6.45) is 1.19. The van der Waals surface area contributed by atoms with Crippen LogP contribution in [0.2, 0.25) is 0 Å². The van der Waals surface area contributed by atoms with Gasteiger partial charge in [-0.05, 0) is 36.6 Å². The number of benzene rings is 2. The Morgan fingerprint density at radius 2 is 1.96 bits per heavy atom. The van der Waals surface area contributed by atoms with Gasteiger partial charge in [-0.2, -0.15) is 0 Å². The fourth-order valence-electron chi connectivity index (χ4n) is 3.23. The van der Waals surface area contributed by atoms with Crippen LogP contribution in [0.25, 0.3) is 0 Å². The standard InChI is InChI=1S/C21H24N2O2/c1-3-16-8-7-11-19(12-16)23-14-18(13-20(23)24)21(25)22-15(2)17-9-5-4-6-10-17/h4-12,15,18H,3,13-14H2,1-2H3,(H,22,25)/t15-,18-/m0/s1. The average Bonchev–Trinajstić information content (AvgIpc) is 3.04. The fourth-order valence-corrected chi connectivity index (χ4v) is 3.23. The molecule has 1 saturated heterocycles. The van der Waals surface area contributed by atoms with E-state index < -0.39 is 0 Å². The summed E-state index contributed by atoms with van der Waals surface area (Å²) >= 11 is 0. The number of hydrogen-bond donors (Lipinski definition) is 1. The van der Waals surface area contributed by atoms with E-state index in [4.69, 9.17) is 0 Å². The highest BCUT2D eigenvalue weighted by Gasteiger charge is 2.35. The number of hydrogen-bond acceptors (Lipinski definition) is 2. The van der Waals surface area contributed by atoms with Crippen LogP contribution < -0.4 is 10.2 Å². The first-order valence-electron chi connectivity index (χ1n) is 8.83. The quantitative estimate of drug-likeness (QED) is 0.909. The second-order valence-electron chi connectivity index (χ2n) is 6.57. The number of nitrogens with one attached hydrogen (secondary N) is 1. The number of anilines is 1. The summed E-state index contributed by atoms with van der Waals surface area (Å²) < 4.78 is 0. The number of rotatable bonds is 5. The Morgan fingerprint density at radius 1 is 1.20 bits per heavy atom. The van der Waals surface area contributed by atoms with Crippen molar-refractivity contribution in [2.75, 3.05) is 11.4 Å². The van der Waals surface area contributed by atoms with E-state index in [0.717, 1.165) is 17.7 Å². The second-order valence-corrected chi connectivity index (χ2v) is 6.57. The molecular weight excluding hydrogens is 312 g/mol. The number of amides is 2. The fraction of sp³-hybridized carbons (Fsp3) is 0.333. The first-order valence-corrected chi connectivity index (χ1v) is 8.83. The van der Waals surface area contributed by atoms with E-state index in [1.165, 1.54) is 5.56 Å². The van der Waals surface area contributed by atoms with Crippen molar-refractivity contribution in [2.24, 2.45) is 5.92 Å². The van der Waals surface area contributed by atoms with Crippen LogP contribution in [0.3, 0.4) is 0 Å². The summed E-state index contributed by atoms with van der Waals surface area (Å²) in [4.78, 5) is 26.7. The van der Waals surface area contributed by atoms with Crippen molar-refractivity contribution in [2.45, 2.75) is 32.7 Å². The molecule has 1 heterocycles. The van der Waals surface area contributed by atoms with Crippen molar-refractivity contribution >= 4 is 17.5 Å². The Hall–Kier alpha value is -2.62. The van der Waals surface area contributed by atoms with Gasteiger partial charge in [0.25, 0.3) is 0 Å². The first-order chi connectivity index (χ1) is 12.1. The van der Waals surface area contributed by atoms with Crippen LogP contribution in [-0.2, 0) is 16.0 Å². The maximum absolute atomic E-state index is 12.6. The van der Waals surface area contributed by atoms with Gasteiger partial charge < -0.3 is 10.2 Å². The molecule has 0 radical (unpaired) electrons. The Morgan fingerprint density at radius 3 is 2.68 bits per heavy atom. The molecule has 2 aromatic carbocycles. The van der Waals surface area contributed by atoms with Crippen molar-refractivity contribution in [1.29, 1.82) is 0 Å². The van der Waals surface area contributed by atoms with Gasteiger partial charge in [-0.3, -0.25) is 9.59 Å². The Kier molecular flexibility index (Phi) is 5.17. The molecule has 2 aromatic rings. The zero-order valence-electron chi connectivity index (χ0n) is 14.7. The highest BCUT2D eigenvalue weighted by atomic mass is 16.2. The van der Waals surface area contributed by atoms with Crippen molar-refractivity contribution < 1.29 is 9.59 Å². The van der Waals surface area contributed by atoms with E-state index in [2.05, 4.69) is 18.3 Å². The molecule has 4 heteroatoms. The molecule has 2 amide bonds. The van der Waals surface area contributed by atoms with Crippen LogP contribution in [0.15, 0.2) is 54.6 Å². The summed E-state index contributed by atoms with van der Waals surface area (Å²) in [5.74, 6) is -0.344. The molecule has 0 spiro atoms. The molecule has 25 heavy (non-hydrogen) atoms. The van der Waals surface area contributed by atoms with Gasteiger partial charge in [0, 0.05) is 18.7 Å². The maximum atomic E-state index is 12.6. The molecule has 2 atom stereocenters. The highest BCUT2D eigenvalue weighted by Crippen LogP contribution is 2.26. The molecule has 1 N–H and O–H groups in total. The zero-order valence-corrected chi connectivity index (χ0v) is 14.7. The molecule has 1 aliphatic heterocycles. The van der Waals surface area contributed by atoms with Gasteiger partial charge in [0.15, 0.2) is 0 Å². The summed E-state index contributed by atoms with van der Waals surface area (Å²) in [5, 5.41) is 3.04. The van der Waals surface area contributed by atoms with E-state index >= 15 is 0 Å². The lowest BCUT2D eigenvalue weighted by Gasteiger charge is -2.19. The van der Waals surface area contributed by atoms with Gasteiger partial charge in [-0.25, -0.2) is 0 Å². The lowest BCUT2D eigenvalue weighted by atomic mass is 10.1. The minimum atomic E-state index is -0.302. The summed E-state index contributed by atoms with van der Waals surface area (Å²) in [5.41, 5.74) is 3.14. The third kappa shape index (κ3) is 3.90.